The monoisotopic (exact) mass is 281 g/mol. The summed E-state index contributed by atoms with van der Waals surface area (Å²) in [6, 6.07) is 9.39. The van der Waals surface area contributed by atoms with Gasteiger partial charge in [-0.15, -0.1) is 0 Å². The summed E-state index contributed by atoms with van der Waals surface area (Å²) in [5, 5.41) is 9.90. The van der Waals surface area contributed by atoms with E-state index in [0.717, 1.165) is 5.39 Å². The number of aryl methyl sites for hydroxylation is 1. The lowest BCUT2D eigenvalue weighted by atomic mass is 10.2. The highest BCUT2D eigenvalue weighted by atomic mass is 16.5. The lowest BCUT2D eigenvalue weighted by Gasteiger charge is -2.07. The van der Waals surface area contributed by atoms with Crippen LogP contribution in [0.25, 0.3) is 10.9 Å². The quantitative estimate of drug-likeness (QED) is 0.794. The van der Waals surface area contributed by atoms with E-state index in [2.05, 4.69) is 15.0 Å². The summed E-state index contributed by atoms with van der Waals surface area (Å²) in [4.78, 5) is 23.2. The van der Waals surface area contributed by atoms with E-state index in [9.17, 15) is 4.79 Å². The SMILES string of the molecule is Cc1nc(Oc2cccc3cccnc23)ncc1C(=O)O. The maximum Gasteiger partial charge on any atom is 0.339 e. The number of para-hydroxylation sites is 1. The van der Waals surface area contributed by atoms with Gasteiger partial charge in [-0.05, 0) is 19.1 Å². The van der Waals surface area contributed by atoms with Crippen molar-refractivity contribution in [2.75, 3.05) is 0 Å². The van der Waals surface area contributed by atoms with Gasteiger partial charge >= 0.3 is 12.0 Å². The molecule has 0 aliphatic carbocycles. The molecule has 0 amide bonds. The number of fused-ring (bicyclic) bond motifs is 1. The van der Waals surface area contributed by atoms with Crippen molar-refractivity contribution in [3.8, 4) is 11.8 Å². The first-order valence-corrected chi connectivity index (χ1v) is 6.23. The minimum atomic E-state index is -1.06. The molecule has 6 heteroatoms. The highest BCUT2D eigenvalue weighted by Gasteiger charge is 2.12. The molecule has 0 saturated heterocycles. The summed E-state index contributed by atoms with van der Waals surface area (Å²) >= 11 is 0. The lowest BCUT2D eigenvalue weighted by Crippen LogP contribution is -2.04. The summed E-state index contributed by atoms with van der Waals surface area (Å²) in [5.74, 6) is -0.540. The molecule has 2 heterocycles. The second-order valence-corrected chi connectivity index (χ2v) is 4.39. The highest BCUT2D eigenvalue weighted by molar-refractivity contribution is 5.88. The minimum absolute atomic E-state index is 0.0541. The molecule has 3 rings (SSSR count). The fraction of sp³-hybridized carbons (Fsp3) is 0.0667. The summed E-state index contributed by atoms with van der Waals surface area (Å²) < 4.78 is 5.63. The molecular weight excluding hydrogens is 270 g/mol. The number of benzene rings is 1. The largest absolute Gasteiger partial charge is 0.478 e. The third-order valence-corrected chi connectivity index (χ3v) is 2.98. The molecule has 0 fully saturated rings. The van der Waals surface area contributed by atoms with Crippen LogP contribution in [0.15, 0.2) is 42.7 Å². The first-order valence-electron chi connectivity index (χ1n) is 6.23. The Bertz CT molecular complexity index is 828. The van der Waals surface area contributed by atoms with Crippen LogP contribution in [-0.4, -0.2) is 26.0 Å². The average molecular weight is 281 g/mol. The molecule has 1 N–H and O–H groups in total. The number of hydrogen-bond acceptors (Lipinski definition) is 5. The van der Waals surface area contributed by atoms with Crippen LogP contribution in [0.1, 0.15) is 16.1 Å². The molecule has 2 aromatic heterocycles. The van der Waals surface area contributed by atoms with Gasteiger partial charge in [0.15, 0.2) is 5.75 Å². The van der Waals surface area contributed by atoms with Crippen LogP contribution >= 0.6 is 0 Å². The van der Waals surface area contributed by atoms with Gasteiger partial charge < -0.3 is 9.84 Å². The van der Waals surface area contributed by atoms with E-state index in [1.807, 2.05) is 24.3 Å². The second kappa shape index (κ2) is 5.16. The Kier molecular flexibility index (Phi) is 3.19. The van der Waals surface area contributed by atoms with Crippen LogP contribution < -0.4 is 4.74 Å². The maximum absolute atomic E-state index is 10.9. The summed E-state index contributed by atoms with van der Waals surface area (Å²) in [6.07, 6.45) is 2.91. The summed E-state index contributed by atoms with van der Waals surface area (Å²) in [7, 11) is 0. The van der Waals surface area contributed by atoms with Crippen molar-refractivity contribution in [2.24, 2.45) is 0 Å². The van der Waals surface area contributed by atoms with E-state index in [-0.39, 0.29) is 11.6 Å². The number of ether oxygens (including phenoxy) is 1. The Balaban J connectivity index is 1.99. The zero-order chi connectivity index (χ0) is 14.8. The van der Waals surface area contributed by atoms with Gasteiger partial charge in [-0.3, -0.25) is 4.98 Å². The number of rotatable bonds is 3. The van der Waals surface area contributed by atoms with Crippen LogP contribution in [0.4, 0.5) is 0 Å². The van der Waals surface area contributed by atoms with Gasteiger partial charge in [0.2, 0.25) is 0 Å². The van der Waals surface area contributed by atoms with Crippen molar-refractivity contribution in [2.45, 2.75) is 6.92 Å². The number of carbonyl (C=O) groups is 1. The molecule has 0 bridgehead atoms. The zero-order valence-electron chi connectivity index (χ0n) is 11.1. The van der Waals surface area contributed by atoms with E-state index in [1.165, 1.54) is 6.20 Å². The van der Waals surface area contributed by atoms with Gasteiger partial charge in [0.05, 0.1) is 11.3 Å². The number of aromatic nitrogens is 3. The van der Waals surface area contributed by atoms with Crippen LogP contribution in [0.5, 0.6) is 11.8 Å². The Hall–Kier alpha value is -3.02. The molecule has 0 atom stereocenters. The molecule has 104 valence electrons. The smallest absolute Gasteiger partial charge is 0.339 e. The number of carboxylic acids is 1. The Morgan fingerprint density at radius 3 is 2.76 bits per heavy atom. The van der Waals surface area contributed by atoms with Crippen LogP contribution in [0.3, 0.4) is 0 Å². The summed E-state index contributed by atoms with van der Waals surface area (Å²) in [6.45, 7) is 1.60. The third-order valence-electron chi connectivity index (χ3n) is 2.98. The number of nitrogens with zero attached hydrogens (tertiary/aromatic N) is 3. The van der Waals surface area contributed by atoms with Crippen molar-refractivity contribution in [1.82, 2.24) is 15.0 Å². The Morgan fingerprint density at radius 2 is 2.00 bits per heavy atom. The van der Waals surface area contributed by atoms with Gasteiger partial charge in [0, 0.05) is 17.8 Å². The number of aromatic carboxylic acids is 1. The van der Waals surface area contributed by atoms with E-state index in [1.54, 1.807) is 19.2 Å². The molecule has 21 heavy (non-hydrogen) atoms. The molecule has 0 saturated carbocycles. The maximum atomic E-state index is 10.9. The third kappa shape index (κ3) is 2.51. The molecule has 0 spiro atoms. The summed E-state index contributed by atoms with van der Waals surface area (Å²) in [5.41, 5.74) is 1.10. The molecule has 0 radical (unpaired) electrons. The van der Waals surface area contributed by atoms with E-state index >= 15 is 0 Å². The highest BCUT2D eigenvalue weighted by Crippen LogP contribution is 2.26. The Morgan fingerprint density at radius 1 is 1.19 bits per heavy atom. The molecule has 0 aliphatic heterocycles. The van der Waals surface area contributed by atoms with Gasteiger partial charge in [0.25, 0.3) is 0 Å². The molecular formula is C15H11N3O3. The Labute approximate surface area is 120 Å². The van der Waals surface area contributed by atoms with Crippen molar-refractivity contribution < 1.29 is 14.6 Å². The molecule has 6 nitrogen and oxygen atoms in total. The molecule has 1 aromatic carbocycles. The van der Waals surface area contributed by atoms with Gasteiger partial charge in [-0.1, -0.05) is 18.2 Å². The number of pyridine rings is 1. The van der Waals surface area contributed by atoms with Crippen molar-refractivity contribution >= 4 is 16.9 Å². The fourth-order valence-corrected chi connectivity index (χ4v) is 1.96. The molecule has 0 aliphatic rings. The first kappa shape index (κ1) is 13.0. The first-order chi connectivity index (χ1) is 10.1. The van der Waals surface area contributed by atoms with Crippen LogP contribution in [0, 0.1) is 6.92 Å². The zero-order valence-corrected chi connectivity index (χ0v) is 11.1. The van der Waals surface area contributed by atoms with Crippen LogP contribution in [0.2, 0.25) is 0 Å². The van der Waals surface area contributed by atoms with Gasteiger partial charge in [0.1, 0.15) is 5.52 Å². The van der Waals surface area contributed by atoms with E-state index < -0.39 is 5.97 Å². The van der Waals surface area contributed by atoms with Crippen LogP contribution in [-0.2, 0) is 0 Å². The minimum Gasteiger partial charge on any atom is -0.478 e. The number of hydrogen-bond donors (Lipinski definition) is 1. The van der Waals surface area contributed by atoms with Gasteiger partial charge in [-0.25, -0.2) is 9.78 Å². The molecule has 0 unspecified atom stereocenters. The van der Waals surface area contributed by atoms with Crippen molar-refractivity contribution in [3.63, 3.8) is 0 Å². The lowest BCUT2D eigenvalue weighted by molar-refractivity contribution is 0.0695. The van der Waals surface area contributed by atoms with Crippen molar-refractivity contribution in [3.05, 3.63) is 54.0 Å². The normalized spacial score (nSPS) is 10.5. The second-order valence-electron chi connectivity index (χ2n) is 4.39. The van der Waals surface area contributed by atoms with E-state index in [4.69, 9.17) is 9.84 Å². The fourth-order valence-electron chi connectivity index (χ4n) is 1.96. The van der Waals surface area contributed by atoms with E-state index in [0.29, 0.717) is 17.0 Å². The molecule has 3 aromatic rings. The van der Waals surface area contributed by atoms with Crippen molar-refractivity contribution in [1.29, 1.82) is 0 Å². The predicted molar refractivity (Wildman–Crippen MR) is 75.5 cm³/mol. The topological polar surface area (TPSA) is 85.2 Å². The standard InChI is InChI=1S/C15H11N3O3/c1-9-11(14(19)20)8-17-15(18-9)21-12-6-2-4-10-5-3-7-16-13(10)12/h2-8H,1H3,(H,19,20). The van der Waals surface area contributed by atoms with Gasteiger partial charge in [-0.2, -0.15) is 4.98 Å². The predicted octanol–water partition coefficient (Wildman–Crippen LogP) is 2.82. The number of carboxylic acid groups (broad SMARTS) is 1. The average Bonchev–Trinajstić information content (AvgIpc) is 2.47.